The molecule has 1 aromatic heterocycles. The molecule has 1 aliphatic rings. The van der Waals surface area contributed by atoms with Gasteiger partial charge < -0.3 is 5.11 Å². The number of hydrogen-bond donors (Lipinski definition) is 1. The van der Waals surface area contributed by atoms with Crippen molar-refractivity contribution in [2.24, 2.45) is 9.98 Å². The van der Waals surface area contributed by atoms with Gasteiger partial charge in [0.25, 0.3) is 5.91 Å². The molecule has 1 amide bonds. The highest BCUT2D eigenvalue weighted by Gasteiger charge is 2.17. The maximum absolute atomic E-state index is 13.5. The molecular formula is C25H15ClFN3O2S. The fraction of sp³-hybridized carbons (Fsp3) is 0. The number of thiazole rings is 1. The Morgan fingerprint density at radius 2 is 1.82 bits per heavy atom. The number of aromatic hydroxyl groups is 1. The first-order chi connectivity index (χ1) is 16.0. The van der Waals surface area contributed by atoms with Crippen LogP contribution in [0.5, 0.6) is 5.88 Å². The number of hydrogen-bond acceptors (Lipinski definition) is 4. The Kier molecular flexibility index (Phi) is 5.50. The molecule has 5 nitrogen and oxygen atoms in total. The monoisotopic (exact) mass is 475 g/mol. The lowest BCUT2D eigenvalue weighted by atomic mass is 10.1. The van der Waals surface area contributed by atoms with Gasteiger partial charge in [0.05, 0.1) is 21.6 Å². The molecule has 2 heterocycles. The molecule has 1 aliphatic heterocycles. The number of benzene rings is 3. The van der Waals surface area contributed by atoms with E-state index in [2.05, 4.69) is 9.98 Å². The summed E-state index contributed by atoms with van der Waals surface area (Å²) in [4.78, 5) is 22.2. The summed E-state index contributed by atoms with van der Waals surface area (Å²) in [6.07, 6.45) is 3.26. The number of para-hydroxylation sites is 1. The van der Waals surface area contributed by atoms with E-state index in [9.17, 15) is 14.3 Å². The average Bonchev–Trinajstić information content (AvgIpc) is 3.10. The zero-order chi connectivity index (χ0) is 22.9. The van der Waals surface area contributed by atoms with Gasteiger partial charge in [-0.15, -0.1) is 0 Å². The van der Waals surface area contributed by atoms with Crippen molar-refractivity contribution < 1.29 is 14.3 Å². The van der Waals surface area contributed by atoms with E-state index in [4.69, 9.17) is 11.6 Å². The van der Waals surface area contributed by atoms with Crippen LogP contribution in [0, 0.1) is 5.82 Å². The topological polar surface area (TPSA) is 67.0 Å². The van der Waals surface area contributed by atoms with E-state index in [1.165, 1.54) is 28.0 Å². The molecule has 0 aliphatic carbocycles. The number of aromatic nitrogens is 1. The number of amides is 1. The molecule has 3 aromatic carbocycles. The first-order valence-corrected chi connectivity index (χ1v) is 11.1. The van der Waals surface area contributed by atoms with Crippen molar-refractivity contribution >= 4 is 46.7 Å². The van der Waals surface area contributed by atoms with Gasteiger partial charge in [0.15, 0.2) is 4.80 Å². The van der Waals surface area contributed by atoms with Crippen LogP contribution in [0.1, 0.15) is 4.88 Å². The van der Waals surface area contributed by atoms with E-state index in [1.807, 2.05) is 30.3 Å². The second kappa shape index (κ2) is 8.61. The normalized spacial score (nSPS) is 14.7. The summed E-state index contributed by atoms with van der Waals surface area (Å²) in [6.45, 7) is 0. The summed E-state index contributed by atoms with van der Waals surface area (Å²) < 4.78 is 15.0. The first kappa shape index (κ1) is 21.1. The van der Waals surface area contributed by atoms with Gasteiger partial charge in [0.1, 0.15) is 5.82 Å². The molecule has 0 spiro atoms. The van der Waals surface area contributed by atoms with Crippen LogP contribution in [0.15, 0.2) is 88.4 Å². The highest BCUT2D eigenvalue weighted by atomic mass is 35.5. The van der Waals surface area contributed by atoms with Crippen molar-refractivity contribution in [3.05, 3.63) is 109 Å². The third kappa shape index (κ3) is 4.28. The van der Waals surface area contributed by atoms with Gasteiger partial charge >= 0.3 is 0 Å². The van der Waals surface area contributed by atoms with Crippen LogP contribution in [0.25, 0.3) is 17.8 Å². The standard InChI is InChI=1S/C25H15ClFN3O2S/c26-17-6-11-21-15(13-17)12-16(23(31)29-21)14-22-24(32)30(20-9-7-18(27)8-10-20)25(33-22)28-19-4-2-1-3-5-19/h1-14,32H/b16-14-,28-25?. The quantitative estimate of drug-likeness (QED) is 0.449. The zero-order valence-electron chi connectivity index (χ0n) is 16.9. The van der Waals surface area contributed by atoms with Gasteiger partial charge in [-0.1, -0.05) is 41.1 Å². The largest absolute Gasteiger partial charge is 0.493 e. The van der Waals surface area contributed by atoms with Gasteiger partial charge in [-0.25, -0.2) is 14.4 Å². The molecule has 1 N–H and O–H groups in total. The molecular weight excluding hydrogens is 461 g/mol. The summed E-state index contributed by atoms with van der Waals surface area (Å²) in [5.41, 5.74) is 1.52. The van der Waals surface area contributed by atoms with E-state index in [0.29, 0.717) is 42.2 Å². The molecule has 0 radical (unpaired) electrons. The van der Waals surface area contributed by atoms with Crippen LogP contribution >= 0.6 is 22.9 Å². The molecule has 0 saturated carbocycles. The molecule has 8 heteroatoms. The summed E-state index contributed by atoms with van der Waals surface area (Å²) in [5.74, 6) is -0.932. The molecule has 0 fully saturated rings. The lowest BCUT2D eigenvalue weighted by Gasteiger charge is -2.06. The van der Waals surface area contributed by atoms with Crippen LogP contribution < -0.4 is 15.4 Å². The lowest BCUT2D eigenvalue weighted by Crippen LogP contribution is -2.30. The maximum Gasteiger partial charge on any atom is 0.277 e. The Labute approximate surface area is 196 Å². The summed E-state index contributed by atoms with van der Waals surface area (Å²) in [5, 5.41) is 12.9. The SMILES string of the molecule is O=C1N=c2ccc(Cl)cc2=C/C1=C/c1sc(=Nc2ccccc2)n(-c2ccc(F)cc2)c1O. The van der Waals surface area contributed by atoms with E-state index in [1.54, 1.807) is 42.5 Å². The Bertz CT molecular complexity index is 1600. The van der Waals surface area contributed by atoms with Crippen LogP contribution in [-0.2, 0) is 4.79 Å². The maximum atomic E-state index is 13.5. The van der Waals surface area contributed by atoms with Crippen molar-refractivity contribution in [1.29, 1.82) is 0 Å². The number of carbonyl (C=O) groups excluding carboxylic acids is 1. The molecule has 33 heavy (non-hydrogen) atoms. The van der Waals surface area contributed by atoms with E-state index < -0.39 is 5.91 Å². The average molecular weight is 476 g/mol. The molecule has 0 unspecified atom stereocenters. The predicted molar refractivity (Wildman–Crippen MR) is 127 cm³/mol. The van der Waals surface area contributed by atoms with Crippen LogP contribution in [0.2, 0.25) is 5.02 Å². The van der Waals surface area contributed by atoms with Gasteiger partial charge in [-0.05, 0) is 66.7 Å². The highest BCUT2D eigenvalue weighted by molar-refractivity contribution is 7.10. The van der Waals surface area contributed by atoms with E-state index in [0.717, 1.165) is 0 Å². The summed E-state index contributed by atoms with van der Waals surface area (Å²) >= 11 is 7.28. The highest BCUT2D eigenvalue weighted by Crippen LogP contribution is 2.28. The molecule has 162 valence electrons. The van der Waals surface area contributed by atoms with E-state index >= 15 is 0 Å². The van der Waals surface area contributed by atoms with Crippen molar-refractivity contribution in [2.75, 3.05) is 0 Å². The third-order valence-corrected chi connectivity index (χ3v) is 6.16. The molecule has 5 rings (SSSR count). The Balaban J connectivity index is 1.71. The Morgan fingerprint density at radius 1 is 1.06 bits per heavy atom. The van der Waals surface area contributed by atoms with Gasteiger partial charge in [0.2, 0.25) is 5.88 Å². The molecule has 0 atom stereocenters. The minimum Gasteiger partial charge on any atom is -0.493 e. The summed E-state index contributed by atoms with van der Waals surface area (Å²) in [6, 6.07) is 20.1. The number of rotatable bonds is 3. The fourth-order valence-corrected chi connectivity index (χ4v) is 4.56. The smallest absolute Gasteiger partial charge is 0.277 e. The zero-order valence-corrected chi connectivity index (χ0v) is 18.5. The van der Waals surface area contributed by atoms with Crippen molar-refractivity contribution in [3.8, 4) is 11.6 Å². The Morgan fingerprint density at radius 3 is 2.58 bits per heavy atom. The third-order valence-electron chi connectivity index (χ3n) is 4.95. The summed E-state index contributed by atoms with van der Waals surface area (Å²) in [7, 11) is 0. The number of carbonyl (C=O) groups is 1. The van der Waals surface area contributed by atoms with Gasteiger partial charge in [-0.2, -0.15) is 0 Å². The second-order valence-electron chi connectivity index (χ2n) is 7.20. The number of halogens is 2. The van der Waals surface area contributed by atoms with Gasteiger partial charge in [0, 0.05) is 15.8 Å². The van der Waals surface area contributed by atoms with Crippen LogP contribution in [0.4, 0.5) is 10.1 Å². The molecule has 0 bridgehead atoms. The van der Waals surface area contributed by atoms with Crippen molar-refractivity contribution in [2.45, 2.75) is 0 Å². The first-order valence-electron chi connectivity index (χ1n) is 9.90. The van der Waals surface area contributed by atoms with Gasteiger partial charge in [-0.3, -0.25) is 9.36 Å². The van der Waals surface area contributed by atoms with Crippen molar-refractivity contribution in [1.82, 2.24) is 4.57 Å². The van der Waals surface area contributed by atoms with E-state index in [-0.39, 0.29) is 11.7 Å². The van der Waals surface area contributed by atoms with Crippen LogP contribution in [0.3, 0.4) is 0 Å². The molecule has 4 aromatic rings. The number of fused-ring (bicyclic) bond motifs is 1. The Hall–Kier alpha value is -3.81. The fourth-order valence-electron chi connectivity index (χ4n) is 3.38. The van der Waals surface area contributed by atoms with Crippen molar-refractivity contribution in [3.63, 3.8) is 0 Å². The predicted octanol–water partition coefficient (Wildman–Crippen LogP) is 4.29. The number of nitrogens with zero attached hydrogens (tertiary/aromatic N) is 3. The minimum atomic E-state index is -0.424. The lowest BCUT2D eigenvalue weighted by molar-refractivity contribution is -0.114. The molecule has 0 saturated heterocycles. The van der Waals surface area contributed by atoms with Crippen LogP contribution in [-0.4, -0.2) is 15.6 Å². The minimum absolute atomic E-state index is 0.119. The second-order valence-corrected chi connectivity index (χ2v) is 8.64.